The first kappa shape index (κ1) is 18.6. The number of amides is 2. The molecule has 1 aliphatic heterocycles. The zero-order valence-electron chi connectivity index (χ0n) is 17.2. The van der Waals surface area contributed by atoms with E-state index in [0.717, 1.165) is 30.6 Å². The Kier molecular flexibility index (Phi) is 4.66. The van der Waals surface area contributed by atoms with Crippen LogP contribution in [0.3, 0.4) is 0 Å². The van der Waals surface area contributed by atoms with E-state index in [0.29, 0.717) is 0 Å². The number of para-hydroxylation sites is 1. The van der Waals surface area contributed by atoms with Gasteiger partial charge in [-0.3, -0.25) is 0 Å². The molecule has 4 heteroatoms. The van der Waals surface area contributed by atoms with Crippen molar-refractivity contribution in [2.75, 3.05) is 11.9 Å². The van der Waals surface area contributed by atoms with Crippen molar-refractivity contribution in [1.82, 2.24) is 9.88 Å². The monoisotopic (exact) mass is 375 g/mol. The second-order valence-corrected chi connectivity index (χ2v) is 8.69. The first-order valence-corrected chi connectivity index (χ1v) is 10.2. The molecule has 3 aromatic rings. The molecule has 0 saturated carbocycles. The summed E-state index contributed by atoms with van der Waals surface area (Å²) in [6.07, 6.45) is 1.77. The van der Waals surface area contributed by atoms with E-state index in [-0.39, 0.29) is 17.5 Å². The maximum absolute atomic E-state index is 13.0. The Morgan fingerprint density at radius 1 is 1.14 bits per heavy atom. The van der Waals surface area contributed by atoms with E-state index in [4.69, 9.17) is 0 Å². The Labute approximate surface area is 166 Å². The van der Waals surface area contributed by atoms with Gasteiger partial charge in [-0.25, -0.2) is 4.79 Å². The molecule has 1 aliphatic rings. The summed E-state index contributed by atoms with van der Waals surface area (Å²) in [7, 11) is 0. The third-order valence-corrected chi connectivity index (χ3v) is 5.81. The van der Waals surface area contributed by atoms with Gasteiger partial charge in [0.25, 0.3) is 0 Å². The van der Waals surface area contributed by atoms with Gasteiger partial charge in [0.15, 0.2) is 0 Å². The summed E-state index contributed by atoms with van der Waals surface area (Å²) in [5, 5.41) is 4.38. The number of fused-ring (bicyclic) bond motifs is 3. The number of rotatable bonds is 2. The third kappa shape index (κ3) is 3.28. The van der Waals surface area contributed by atoms with E-state index in [9.17, 15) is 4.79 Å². The fraction of sp³-hybridized carbons (Fsp3) is 0.375. The normalized spacial score (nSPS) is 16.9. The van der Waals surface area contributed by atoms with Crippen LogP contribution >= 0.6 is 0 Å². The largest absolute Gasteiger partial charge is 0.356 e. The number of aromatic nitrogens is 1. The summed E-state index contributed by atoms with van der Waals surface area (Å²) in [6.45, 7) is 9.46. The van der Waals surface area contributed by atoms with Crippen LogP contribution in [0.1, 0.15) is 57.0 Å². The molecule has 4 nitrogen and oxygen atoms in total. The molecular formula is C24H29N3O. The minimum Gasteiger partial charge on any atom is -0.356 e. The van der Waals surface area contributed by atoms with E-state index in [2.05, 4.69) is 74.4 Å². The average Bonchev–Trinajstić information content (AvgIpc) is 3.05. The van der Waals surface area contributed by atoms with Crippen LogP contribution < -0.4 is 5.32 Å². The zero-order chi connectivity index (χ0) is 19.9. The number of H-pyrrole nitrogens is 1. The highest BCUT2D eigenvalue weighted by molar-refractivity contribution is 5.91. The predicted octanol–water partition coefficient (Wildman–Crippen LogP) is 6.01. The zero-order valence-corrected chi connectivity index (χ0v) is 17.2. The van der Waals surface area contributed by atoms with Gasteiger partial charge in [-0.15, -0.1) is 0 Å². The molecule has 28 heavy (non-hydrogen) atoms. The van der Waals surface area contributed by atoms with Crippen LogP contribution in [0.25, 0.3) is 10.9 Å². The van der Waals surface area contributed by atoms with Crippen LogP contribution in [-0.4, -0.2) is 22.5 Å². The van der Waals surface area contributed by atoms with Crippen molar-refractivity contribution in [3.05, 3.63) is 65.4 Å². The summed E-state index contributed by atoms with van der Waals surface area (Å²) in [5.41, 5.74) is 5.92. The quantitative estimate of drug-likeness (QED) is 0.566. The Hall–Kier alpha value is -2.75. The van der Waals surface area contributed by atoms with E-state index in [1.54, 1.807) is 0 Å². The molecule has 0 saturated heterocycles. The lowest BCUT2D eigenvalue weighted by Gasteiger charge is -2.35. The van der Waals surface area contributed by atoms with Gasteiger partial charge in [0.05, 0.1) is 6.04 Å². The van der Waals surface area contributed by atoms with Crippen LogP contribution in [0.5, 0.6) is 0 Å². The van der Waals surface area contributed by atoms with Gasteiger partial charge < -0.3 is 15.2 Å². The SMILES string of the molecule is CCC1c2[nH]c3ccccc3c2CCN1C(=O)Nc1ccc(C(C)(C)C)cc1. The first-order valence-electron chi connectivity index (χ1n) is 10.2. The topological polar surface area (TPSA) is 48.1 Å². The molecule has 1 unspecified atom stereocenters. The summed E-state index contributed by atoms with van der Waals surface area (Å²) in [5.74, 6) is 0. The van der Waals surface area contributed by atoms with Crippen molar-refractivity contribution in [1.29, 1.82) is 0 Å². The number of nitrogens with zero attached hydrogens (tertiary/aromatic N) is 1. The van der Waals surface area contributed by atoms with Crippen molar-refractivity contribution >= 4 is 22.6 Å². The second kappa shape index (κ2) is 7.01. The van der Waals surface area contributed by atoms with E-state index in [1.807, 2.05) is 17.0 Å². The van der Waals surface area contributed by atoms with Crippen LogP contribution in [-0.2, 0) is 11.8 Å². The Balaban J connectivity index is 1.56. The highest BCUT2D eigenvalue weighted by Crippen LogP contribution is 2.36. The van der Waals surface area contributed by atoms with Gasteiger partial charge in [0.1, 0.15) is 0 Å². The van der Waals surface area contributed by atoms with Crippen molar-refractivity contribution in [3.8, 4) is 0 Å². The highest BCUT2D eigenvalue weighted by atomic mass is 16.2. The number of nitrogens with one attached hydrogen (secondary N) is 2. The number of aromatic amines is 1. The van der Waals surface area contributed by atoms with Gasteiger partial charge in [-0.1, -0.05) is 58.0 Å². The molecule has 2 aromatic carbocycles. The minimum atomic E-state index is -0.0281. The van der Waals surface area contributed by atoms with Gasteiger partial charge in [0, 0.05) is 28.8 Å². The fourth-order valence-corrected chi connectivity index (χ4v) is 4.24. The van der Waals surface area contributed by atoms with E-state index >= 15 is 0 Å². The van der Waals surface area contributed by atoms with Gasteiger partial charge >= 0.3 is 6.03 Å². The summed E-state index contributed by atoms with van der Waals surface area (Å²) in [4.78, 5) is 18.6. The number of hydrogen-bond acceptors (Lipinski definition) is 1. The van der Waals surface area contributed by atoms with Crippen molar-refractivity contribution in [3.63, 3.8) is 0 Å². The number of carbonyl (C=O) groups is 1. The lowest BCUT2D eigenvalue weighted by Crippen LogP contribution is -2.42. The van der Waals surface area contributed by atoms with Crippen molar-refractivity contribution in [2.45, 2.75) is 52.0 Å². The summed E-state index contributed by atoms with van der Waals surface area (Å²) in [6, 6.07) is 16.7. The summed E-state index contributed by atoms with van der Waals surface area (Å²) >= 11 is 0. The third-order valence-electron chi connectivity index (χ3n) is 5.81. The molecule has 2 heterocycles. The van der Waals surface area contributed by atoms with Crippen molar-refractivity contribution in [2.24, 2.45) is 0 Å². The van der Waals surface area contributed by atoms with Crippen LogP contribution in [0.4, 0.5) is 10.5 Å². The average molecular weight is 376 g/mol. The maximum Gasteiger partial charge on any atom is 0.322 e. The maximum atomic E-state index is 13.0. The lowest BCUT2D eigenvalue weighted by atomic mass is 9.87. The molecular weight excluding hydrogens is 346 g/mol. The second-order valence-electron chi connectivity index (χ2n) is 8.69. The molecule has 0 bridgehead atoms. The Bertz CT molecular complexity index is 995. The molecule has 0 spiro atoms. The number of urea groups is 1. The Morgan fingerprint density at radius 2 is 1.86 bits per heavy atom. The van der Waals surface area contributed by atoms with Crippen LogP contribution in [0.15, 0.2) is 48.5 Å². The van der Waals surface area contributed by atoms with Gasteiger partial charge in [-0.2, -0.15) is 0 Å². The van der Waals surface area contributed by atoms with Gasteiger partial charge in [-0.05, 0) is 47.6 Å². The van der Waals surface area contributed by atoms with E-state index < -0.39 is 0 Å². The first-order chi connectivity index (χ1) is 13.4. The minimum absolute atomic E-state index is 0.0281. The number of carbonyl (C=O) groups excluding carboxylic acids is 1. The smallest absolute Gasteiger partial charge is 0.322 e. The Morgan fingerprint density at radius 3 is 2.54 bits per heavy atom. The molecule has 2 N–H and O–H groups in total. The van der Waals surface area contributed by atoms with Crippen LogP contribution in [0.2, 0.25) is 0 Å². The summed E-state index contributed by atoms with van der Waals surface area (Å²) < 4.78 is 0. The lowest BCUT2D eigenvalue weighted by molar-refractivity contribution is 0.179. The molecule has 1 atom stereocenters. The number of anilines is 1. The molecule has 1 aromatic heterocycles. The number of hydrogen-bond donors (Lipinski definition) is 2. The van der Waals surface area contributed by atoms with E-state index in [1.165, 1.54) is 22.2 Å². The standard InChI is InChI=1S/C24H29N3O/c1-5-21-22-19(18-8-6-7-9-20(18)26-22)14-15-27(21)23(28)25-17-12-10-16(11-13-17)24(2,3)4/h6-13,21,26H,5,14-15H2,1-4H3,(H,25,28). The predicted molar refractivity (Wildman–Crippen MR) is 116 cm³/mol. The molecule has 0 radical (unpaired) electrons. The molecule has 4 rings (SSSR count). The number of benzene rings is 2. The highest BCUT2D eigenvalue weighted by Gasteiger charge is 2.32. The molecule has 146 valence electrons. The molecule has 0 fully saturated rings. The van der Waals surface area contributed by atoms with Gasteiger partial charge in [0.2, 0.25) is 0 Å². The fourth-order valence-electron chi connectivity index (χ4n) is 4.24. The molecule has 2 amide bonds. The molecule has 0 aliphatic carbocycles. The van der Waals surface area contributed by atoms with Crippen LogP contribution in [0, 0.1) is 0 Å². The van der Waals surface area contributed by atoms with Crippen molar-refractivity contribution < 1.29 is 4.79 Å².